The molecule has 0 spiro atoms. The number of thioether (sulfide) groups is 1. The molecule has 0 bridgehead atoms. The van der Waals surface area contributed by atoms with Crippen molar-refractivity contribution in [1.82, 2.24) is 20.2 Å². The summed E-state index contributed by atoms with van der Waals surface area (Å²) in [4.78, 5) is 0. The highest BCUT2D eigenvalue weighted by Crippen LogP contribution is 2.22. The van der Waals surface area contributed by atoms with E-state index < -0.39 is 5.82 Å². The second-order valence-corrected chi connectivity index (χ2v) is 4.86. The lowest BCUT2D eigenvalue weighted by Gasteiger charge is -2.03. The molecular weight excluding hydrogens is 277 g/mol. The second-order valence-electron chi connectivity index (χ2n) is 3.51. The first kappa shape index (κ1) is 13.3. The molecule has 0 saturated heterocycles. The van der Waals surface area contributed by atoms with Crippen LogP contribution >= 0.6 is 23.4 Å². The van der Waals surface area contributed by atoms with Crippen molar-refractivity contribution in [2.24, 2.45) is 5.73 Å². The molecule has 0 saturated carbocycles. The lowest BCUT2D eigenvalue weighted by molar-refractivity contribution is 0.557. The maximum atomic E-state index is 13.2. The maximum absolute atomic E-state index is 13.2. The van der Waals surface area contributed by atoms with Gasteiger partial charge in [0.05, 0.1) is 11.6 Å². The van der Waals surface area contributed by atoms with Crippen LogP contribution in [0, 0.1) is 5.82 Å². The van der Waals surface area contributed by atoms with E-state index in [2.05, 4.69) is 15.5 Å². The molecule has 2 rings (SSSR count). The fourth-order valence-electron chi connectivity index (χ4n) is 1.34. The number of hydrogen-bond acceptors (Lipinski definition) is 5. The van der Waals surface area contributed by atoms with Gasteiger partial charge in [-0.3, -0.25) is 0 Å². The van der Waals surface area contributed by atoms with E-state index in [4.69, 9.17) is 17.3 Å². The summed E-state index contributed by atoms with van der Waals surface area (Å²) in [5.74, 6) is 0.148. The van der Waals surface area contributed by atoms with E-state index in [-0.39, 0.29) is 5.02 Å². The molecular formula is C10H11ClFN5S. The van der Waals surface area contributed by atoms with E-state index in [1.54, 1.807) is 10.7 Å². The standard InChI is InChI=1S/C10H11ClFN5S/c11-8-2-1-7(5-9(8)12)6-18-10-14-15-16-17(10)4-3-13/h1-2,5H,3-4,6,13H2. The minimum absolute atomic E-state index is 0.122. The van der Waals surface area contributed by atoms with Crippen molar-refractivity contribution in [1.29, 1.82) is 0 Å². The molecule has 0 unspecified atom stereocenters. The number of hydrogen-bond donors (Lipinski definition) is 1. The summed E-state index contributed by atoms with van der Waals surface area (Å²) >= 11 is 7.04. The van der Waals surface area contributed by atoms with E-state index in [1.807, 2.05) is 0 Å². The fraction of sp³-hybridized carbons (Fsp3) is 0.300. The van der Waals surface area contributed by atoms with Gasteiger partial charge in [-0.2, -0.15) is 0 Å². The van der Waals surface area contributed by atoms with Crippen LogP contribution < -0.4 is 5.73 Å². The molecule has 8 heteroatoms. The van der Waals surface area contributed by atoms with Gasteiger partial charge in [0.25, 0.3) is 0 Å². The van der Waals surface area contributed by atoms with Crippen LogP contribution in [0.1, 0.15) is 5.56 Å². The number of tetrazole rings is 1. The largest absolute Gasteiger partial charge is 0.329 e. The molecule has 1 aromatic carbocycles. The summed E-state index contributed by atoms with van der Waals surface area (Å²) in [6.45, 7) is 1.03. The molecule has 1 aromatic heterocycles. The van der Waals surface area contributed by atoms with Crippen molar-refractivity contribution in [3.05, 3.63) is 34.6 Å². The van der Waals surface area contributed by atoms with Gasteiger partial charge in [0.1, 0.15) is 5.82 Å². The van der Waals surface area contributed by atoms with E-state index in [0.29, 0.717) is 24.0 Å². The number of halogens is 2. The molecule has 0 aliphatic carbocycles. The third kappa shape index (κ3) is 3.18. The van der Waals surface area contributed by atoms with Crippen molar-refractivity contribution >= 4 is 23.4 Å². The van der Waals surface area contributed by atoms with E-state index in [0.717, 1.165) is 5.56 Å². The zero-order chi connectivity index (χ0) is 13.0. The Morgan fingerprint density at radius 1 is 1.44 bits per heavy atom. The molecule has 18 heavy (non-hydrogen) atoms. The first-order valence-corrected chi connectivity index (χ1v) is 6.60. The minimum Gasteiger partial charge on any atom is -0.329 e. The average molecular weight is 288 g/mol. The van der Waals surface area contributed by atoms with Crippen molar-refractivity contribution in [2.75, 3.05) is 6.54 Å². The number of nitrogens with two attached hydrogens (primary N) is 1. The first-order valence-electron chi connectivity index (χ1n) is 5.23. The zero-order valence-electron chi connectivity index (χ0n) is 9.38. The predicted molar refractivity (Wildman–Crippen MR) is 67.8 cm³/mol. The normalized spacial score (nSPS) is 10.8. The lowest BCUT2D eigenvalue weighted by Crippen LogP contribution is -2.12. The van der Waals surface area contributed by atoms with Crippen LogP contribution in [0.15, 0.2) is 23.4 Å². The lowest BCUT2D eigenvalue weighted by atomic mass is 10.2. The molecule has 96 valence electrons. The van der Waals surface area contributed by atoms with E-state index >= 15 is 0 Å². The summed E-state index contributed by atoms with van der Waals surface area (Å²) in [5, 5.41) is 12.0. The van der Waals surface area contributed by atoms with Gasteiger partial charge in [0.2, 0.25) is 5.16 Å². The molecule has 1 heterocycles. The van der Waals surface area contributed by atoms with Crippen LogP contribution in [0.2, 0.25) is 5.02 Å². The van der Waals surface area contributed by atoms with Gasteiger partial charge in [0.15, 0.2) is 0 Å². The number of benzene rings is 1. The molecule has 0 aliphatic rings. The van der Waals surface area contributed by atoms with Gasteiger partial charge in [0, 0.05) is 12.3 Å². The summed E-state index contributed by atoms with van der Waals surface area (Å²) in [6.07, 6.45) is 0. The Labute approximate surface area is 112 Å². The Balaban J connectivity index is 2.02. The summed E-state index contributed by atoms with van der Waals surface area (Å²) in [5.41, 5.74) is 6.27. The highest BCUT2D eigenvalue weighted by Gasteiger charge is 2.07. The molecule has 0 atom stereocenters. The number of rotatable bonds is 5. The third-order valence-corrected chi connectivity index (χ3v) is 3.53. The van der Waals surface area contributed by atoms with E-state index in [9.17, 15) is 4.39 Å². The summed E-state index contributed by atoms with van der Waals surface area (Å²) in [6, 6.07) is 4.72. The van der Waals surface area contributed by atoms with Gasteiger partial charge < -0.3 is 5.73 Å². The van der Waals surface area contributed by atoms with Crippen LogP contribution in [0.25, 0.3) is 0 Å². The molecule has 0 amide bonds. The Morgan fingerprint density at radius 2 is 2.28 bits per heavy atom. The maximum Gasteiger partial charge on any atom is 0.209 e. The van der Waals surface area contributed by atoms with Crippen LogP contribution in [0.4, 0.5) is 4.39 Å². The van der Waals surface area contributed by atoms with Crippen LogP contribution in [0.5, 0.6) is 0 Å². The van der Waals surface area contributed by atoms with Gasteiger partial charge in [-0.1, -0.05) is 29.4 Å². The van der Waals surface area contributed by atoms with Crippen LogP contribution in [0.3, 0.4) is 0 Å². The fourth-order valence-corrected chi connectivity index (χ4v) is 2.30. The van der Waals surface area contributed by atoms with Crippen molar-refractivity contribution < 1.29 is 4.39 Å². The highest BCUT2D eigenvalue weighted by molar-refractivity contribution is 7.98. The predicted octanol–water partition coefficient (Wildman–Crippen LogP) is 1.72. The van der Waals surface area contributed by atoms with Crippen molar-refractivity contribution in [3.8, 4) is 0 Å². The van der Waals surface area contributed by atoms with Crippen LogP contribution in [-0.4, -0.2) is 26.8 Å². The Morgan fingerprint density at radius 3 is 3.00 bits per heavy atom. The average Bonchev–Trinajstić information content (AvgIpc) is 2.79. The van der Waals surface area contributed by atoms with Crippen LogP contribution in [-0.2, 0) is 12.3 Å². The Hall–Kier alpha value is -1.18. The van der Waals surface area contributed by atoms with Crippen molar-refractivity contribution in [2.45, 2.75) is 17.5 Å². The SMILES string of the molecule is NCCn1nnnc1SCc1ccc(Cl)c(F)c1. The Kier molecular flexibility index (Phi) is 4.51. The highest BCUT2D eigenvalue weighted by atomic mass is 35.5. The molecule has 0 fully saturated rings. The van der Waals surface area contributed by atoms with Crippen molar-refractivity contribution in [3.63, 3.8) is 0 Å². The first-order chi connectivity index (χ1) is 8.70. The van der Waals surface area contributed by atoms with Gasteiger partial charge in [-0.15, -0.1) is 5.10 Å². The van der Waals surface area contributed by atoms with Gasteiger partial charge >= 0.3 is 0 Å². The Bertz CT molecular complexity index is 533. The molecule has 0 aliphatic heterocycles. The second kappa shape index (κ2) is 6.12. The zero-order valence-corrected chi connectivity index (χ0v) is 11.0. The summed E-state index contributed by atoms with van der Waals surface area (Å²) < 4.78 is 14.9. The third-order valence-electron chi connectivity index (χ3n) is 2.19. The molecule has 2 aromatic rings. The number of aromatic nitrogens is 4. The summed E-state index contributed by atoms with van der Waals surface area (Å²) in [7, 11) is 0. The molecule has 0 radical (unpaired) electrons. The monoisotopic (exact) mass is 287 g/mol. The quantitative estimate of drug-likeness (QED) is 0.848. The van der Waals surface area contributed by atoms with Gasteiger partial charge in [-0.05, 0) is 28.1 Å². The van der Waals surface area contributed by atoms with Gasteiger partial charge in [-0.25, -0.2) is 9.07 Å². The molecule has 2 N–H and O–H groups in total. The smallest absolute Gasteiger partial charge is 0.209 e. The molecule has 5 nitrogen and oxygen atoms in total. The number of nitrogens with zero attached hydrogens (tertiary/aromatic N) is 4. The van der Waals surface area contributed by atoms with E-state index in [1.165, 1.54) is 23.9 Å². The minimum atomic E-state index is -0.420. The topological polar surface area (TPSA) is 69.6 Å².